The molecule has 4 nitrogen and oxygen atoms in total. The highest BCUT2D eigenvalue weighted by Gasteiger charge is 2.22. The quantitative estimate of drug-likeness (QED) is 0.896. The lowest BCUT2D eigenvalue weighted by Crippen LogP contribution is -2.33. The van der Waals surface area contributed by atoms with Crippen molar-refractivity contribution in [2.24, 2.45) is 5.92 Å². The first-order valence-corrected chi connectivity index (χ1v) is 8.68. The van der Waals surface area contributed by atoms with Crippen LogP contribution in [-0.2, 0) is 10.0 Å². The molecular formula is C14H20ClNO3S. The molecule has 0 heterocycles. The fraction of sp³-hybridized carbons (Fsp3) is 0.571. The van der Waals surface area contributed by atoms with Crippen LogP contribution in [0.5, 0.6) is 0 Å². The van der Waals surface area contributed by atoms with Crippen molar-refractivity contribution in [1.29, 1.82) is 0 Å². The molecule has 1 aromatic rings. The zero-order valence-electron chi connectivity index (χ0n) is 11.5. The van der Waals surface area contributed by atoms with Gasteiger partial charge in [0.05, 0.1) is 11.0 Å². The first-order chi connectivity index (χ1) is 9.38. The van der Waals surface area contributed by atoms with Crippen molar-refractivity contribution in [3.8, 4) is 0 Å². The molecule has 1 fully saturated rings. The second kappa shape index (κ2) is 6.43. The average molecular weight is 318 g/mol. The van der Waals surface area contributed by atoms with E-state index in [0.717, 1.165) is 24.8 Å². The van der Waals surface area contributed by atoms with Gasteiger partial charge in [0.1, 0.15) is 0 Å². The van der Waals surface area contributed by atoms with E-state index in [1.807, 2.05) is 6.92 Å². The van der Waals surface area contributed by atoms with Crippen molar-refractivity contribution in [3.05, 3.63) is 28.8 Å². The van der Waals surface area contributed by atoms with Crippen molar-refractivity contribution in [3.63, 3.8) is 0 Å². The van der Waals surface area contributed by atoms with Gasteiger partial charge in [-0.25, -0.2) is 13.1 Å². The summed E-state index contributed by atoms with van der Waals surface area (Å²) in [6.07, 6.45) is 3.08. The number of nitrogens with one attached hydrogen (secondary N) is 1. The highest BCUT2D eigenvalue weighted by molar-refractivity contribution is 7.89. The molecule has 0 radical (unpaired) electrons. The number of sulfonamides is 1. The molecule has 0 spiro atoms. The molecule has 2 rings (SSSR count). The Morgan fingerprint density at radius 1 is 1.40 bits per heavy atom. The van der Waals surface area contributed by atoms with E-state index in [1.165, 1.54) is 6.07 Å². The predicted octanol–water partition coefficient (Wildman–Crippen LogP) is 2.48. The highest BCUT2D eigenvalue weighted by atomic mass is 35.5. The van der Waals surface area contributed by atoms with Crippen molar-refractivity contribution in [1.82, 2.24) is 4.72 Å². The molecule has 0 bridgehead atoms. The number of aliphatic hydroxyl groups excluding tert-OH is 1. The minimum Gasteiger partial charge on any atom is -0.393 e. The minimum atomic E-state index is -3.53. The Labute approximate surface area is 125 Å². The second-order valence-corrected chi connectivity index (χ2v) is 7.62. The minimum absolute atomic E-state index is 0.185. The fourth-order valence-corrected chi connectivity index (χ4v) is 3.89. The Balaban J connectivity index is 2.01. The summed E-state index contributed by atoms with van der Waals surface area (Å²) in [5, 5.41) is 10.0. The van der Waals surface area contributed by atoms with E-state index < -0.39 is 10.0 Å². The highest BCUT2D eigenvalue weighted by Crippen LogP contribution is 2.24. The summed E-state index contributed by atoms with van der Waals surface area (Å²) in [6.45, 7) is 2.19. The molecule has 0 saturated heterocycles. The van der Waals surface area contributed by atoms with Crippen molar-refractivity contribution in [2.45, 2.75) is 43.6 Å². The van der Waals surface area contributed by atoms with Crippen molar-refractivity contribution in [2.75, 3.05) is 6.54 Å². The van der Waals surface area contributed by atoms with E-state index in [1.54, 1.807) is 12.1 Å². The van der Waals surface area contributed by atoms with Crippen LogP contribution < -0.4 is 4.72 Å². The summed E-state index contributed by atoms with van der Waals surface area (Å²) in [5.74, 6) is 0.203. The van der Waals surface area contributed by atoms with E-state index in [-0.39, 0.29) is 16.9 Å². The maximum Gasteiger partial charge on any atom is 0.240 e. The Morgan fingerprint density at radius 2 is 2.15 bits per heavy atom. The van der Waals surface area contributed by atoms with Gasteiger partial charge in [0.25, 0.3) is 0 Å². The van der Waals surface area contributed by atoms with Crippen LogP contribution in [0.15, 0.2) is 23.1 Å². The number of hydrogen-bond donors (Lipinski definition) is 2. The Bertz CT molecular complexity index is 574. The van der Waals surface area contributed by atoms with Gasteiger partial charge in [-0.05, 0) is 49.8 Å². The molecule has 2 N–H and O–H groups in total. The molecule has 0 aliphatic heterocycles. The number of halogens is 1. The smallest absolute Gasteiger partial charge is 0.240 e. The number of aliphatic hydroxyl groups is 1. The van der Waals surface area contributed by atoms with Gasteiger partial charge in [0.2, 0.25) is 10.0 Å². The zero-order chi connectivity index (χ0) is 14.8. The van der Waals surface area contributed by atoms with E-state index in [9.17, 15) is 13.5 Å². The number of rotatable bonds is 4. The van der Waals surface area contributed by atoms with Crippen molar-refractivity contribution >= 4 is 21.6 Å². The predicted molar refractivity (Wildman–Crippen MR) is 79.3 cm³/mol. The summed E-state index contributed by atoms with van der Waals surface area (Å²) < 4.78 is 27.0. The lowest BCUT2D eigenvalue weighted by molar-refractivity contribution is 0.102. The molecular weight excluding hydrogens is 298 g/mol. The van der Waals surface area contributed by atoms with Gasteiger partial charge in [-0.2, -0.15) is 0 Å². The molecule has 20 heavy (non-hydrogen) atoms. The molecule has 0 aromatic heterocycles. The average Bonchev–Trinajstić information content (AvgIpc) is 2.40. The lowest BCUT2D eigenvalue weighted by atomic mass is 9.87. The number of benzene rings is 1. The zero-order valence-corrected chi connectivity index (χ0v) is 13.0. The van der Waals surface area contributed by atoms with Gasteiger partial charge in [-0.1, -0.05) is 24.1 Å². The third kappa shape index (κ3) is 3.95. The summed E-state index contributed by atoms with van der Waals surface area (Å²) >= 11 is 5.96. The SMILES string of the molecule is Cc1ccc(S(=O)(=O)NCC2CCCC(O)C2)cc1Cl. The molecule has 1 aromatic carbocycles. The molecule has 0 amide bonds. The van der Waals surface area contributed by atoms with Crippen LogP contribution in [0.2, 0.25) is 5.02 Å². The molecule has 6 heteroatoms. The Morgan fingerprint density at radius 3 is 2.80 bits per heavy atom. The van der Waals surface area contributed by atoms with Gasteiger partial charge >= 0.3 is 0 Å². The topological polar surface area (TPSA) is 66.4 Å². The van der Waals surface area contributed by atoms with Crippen LogP contribution >= 0.6 is 11.6 Å². The summed E-state index contributed by atoms with van der Waals surface area (Å²) in [5.41, 5.74) is 0.848. The largest absolute Gasteiger partial charge is 0.393 e. The van der Waals surface area contributed by atoms with E-state index in [4.69, 9.17) is 11.6 Å². The molecule has 2 unspecified atom stereocenters. The second-order valence-electron chi connectivity index (χ2n) is 5.45. The van der Waals surface area contributed by atoms with Gasteiger partial charge in [-0.3, -0.25) is 0 Å². The summed E-state index contributed by atoms with van der Waals surface area (Å²) in [7, 11) is -3.53. The Hall–Kier alpha value is -0.620. The van der Waals surface area contributed by atoms with Gasteiger partial charge in [0.15, 0.2) is 0 Å². The van der Waals surface area contributed by atoms with Crippen LogP contribution in [0.4, 0.5) is 0 Å². The molecule has 1 aliphatic carbocycles. The molecule has 112 valence electrons. The lowest BCUT2D eigenvalue weighted by Gasteiger charge is -2.25. The first kappa shape index (κ1) is 15.8. The third-order valence-electron chi connectivity index (χ3n) is 3.77. The van der Waals surface area contributed by atoms with Gasteiger partial charge in [-0.15, -0.1) is 0 Å². The maximum absolute atomic E-state index is 12.2. The van der Waals surface area contributed by atoms with Crippen LogP contribution in [-0.4, -0.2) is 26.2 Å². The fourth-order valence-electron chi connectivity index (χ4n) is 2.50. The van der Waals surface area contributed by atoms with E-state index >= 15 is 0 Å². The molecule has 2 atom stereocenters. The van der Waals surface area contributed by atoms with Crippen LogP contribution in [0, 0.1) is 12.8 Å². The summed E-state index contributed by atoms with van der Waals surface area (Å²) in [6, 6.07) is 4.72. The van der Waals surface area contributed by atoms with Gasteiger partial charge < -0.3 is 5.11 Å². The third-order valence-corrected chi connectivity index (χ3v) is 5.60. The monoisotopic (exact) mass is 317 g/mol. The molecule has 1 aliphatic rings. The normalized spacial score (nSPS) is 23.8. The number of aryl methyl sites for hydroxylation is 1. The van der Waals surface area contributed by atoms with E-state index in [0.29, 0.717) is 18.0 Å². The number of hydrogen-bond acceptors (Lipinski definition) is 3. The molecule has 1 saturated carbocycles. The van der Waals surface area contributed by atoms with E-state index in [2.05, 4.69) is 4.72 Å². The van der Waals surface area contributed by atoms with Crippen molar-refractivity contribution < 1.29 is 13.5 Å². The van der Waals surface area contributed by atoms with Crippen LogP contribution in [0.25, 0.3) is 0 Å². The standard InChI is InChI=1S/C14H20ClNO3S/c1-10-5-6-13(8-14(10)15)20(18,19)16-9-11-3-2-4-12(17)7-11/h5-6,8,11-12,16-17H,2-4,7,9H2,1H3. The maximum atomic E-state index is 12.2. The summed E-state index contributed by atoms with van der Waals surface area (Å²) in [4.78, 5) is 0.185. The Kier molecular flexibility index (Phi) is 5.07. The van der Waals surface area contributed by atoms with Gasteiger partial charge in [0, 0.05) is 11.6 Å². The first-order valence-electron chi connectivity index (χ1n) is 6.82. The van der Waals surface area contributed by atoms with Crippen LogP contribution in [0.3, 0.4) is 0 Å². The van der Waals surface area contributed by atoms with Crippen LogP contribution in [0.1, 0.15) is 31.2 Å².